The van der Waals surface area contributed by atoms with Gasteiger partial charge in [0.2, 0.25) is 0 Å². The summed E-state index contributed by atoms with van der Waals surface area (Å²) in [6, 6.07) is 13.8. The van der Waals surface area contributed by atoms with Gasteiger partial charge in [0.15, 0.2) is 10.6 Å². The van der Waals surface area contributed by atoms with Crippen molar-refractivity contribution in [1.29, 1.82) is 0 Å². The molecule has 0 fully saturated rings. The van der Waals surface area contributed by atoms with E-state index in [-0.39, 0.29) is 36.5 Å². The van der Waals surface area contributed by atoms with Crippen molar-refractivity contribution in [2.75, 3.05) is 26.2 Å². The third-order valence-electron chi connectivity index (χ3n) is 3.60. The van der Waals surface area contributed by atoms with Crippen LogP contribution in [0.25, 0.3) is 0 Å². The standard InChI is InChI=1S/C18H24BrN3O2.HI/c1-2-20-18(21-11-10-16-8-9-17(19)24-16)22-12-15(13-23)14-6-4-3-5-7-14;/h3-9,15,23H,2,10-13H2,1H3,(H2,20,21,22);1H. The quantitative estimate of drug-likeness (QED) is 0.282. The lowest BCUT2D eigenvalue weighted by Gasteiger charge is -2.15. The summed E-state index contributed by atoms with van der Waals surface area (Å²) in [6.45, 7) is 4.14. The van der Waals surface area contributed by atoms with E-state index >= 15 is 0 Å². The average molecular weight is 522 g/mol. The summed E-state index contributed by atoms with van der Waals surface area (Å²) >= 11 is 3.30. The highest BCUT2D eigenvalue weighted by molar-refractivity contribution is 14.0. The summed E-state index contributed by atoms with van der Waals surface area (Å²) in [5.74, 6) is 1.67. The predicted octanol–water partition coefficient (Wildman–Crippen LogP) is 3.53. The third kappa shape index (κ3) is 7.79. The van der Waals surface area contributed by atoms with E-state index in [2.05, 4.69) is 31.6 Å². The molecule has 1 aromatic carbocycles. The number of nitrogens with zero attached hydrogens (tertiary/aromatic N) is 1. The number of benzene rings is 1. The maximum absolute atomic E-state index is 9.62. The molecular formula is C18H25BrIN3O2. The van der Waals surface area contributed by atoms with Crippen molar-refractivity contribution in [3.05, 3.63) is 58.5 Å². The number of guanidine groups is 1. The van der Waals surface area contributed by atoms with Gasteiger partial charge in [-0.2, -0.15) is 0 Å². The van der Waals surface area contributed by atoms with E-state index < -0.39 is 0 Å². The van der Waals surface area contributed by atoms with Crippen LogP contribution in [0.2, 0.25) is 0 Å². The van der Waals surface area contributed by atoms with Gasteiger partial charge in [0, 0.05) is 25.4 Å². The summed E-state index contributed by atoms with van der Waals surface area (Å²) < 4.78 is 6.22. The van der Waals surface area contributed by atoms with Gasteiger partial charge in [0.05, 0.1) is 13.2 Å². The molecule has 7 heteroatoms. The predicted molar refractivity (Wildman–Crippen MR) is 116 cm³/mol. The first-order valence-corrected chi connectivity index (χ1v) is 8.94. The number of rotatable bonds is 8. The number of furan rings is 1. The highest BCUT2D eigenvalue weighted by atomic mass is 127. The van der Waals surface area contributed by atoms with Gasteiger partial charge in [0.1, 0.15) is 5.76 Å². The molecule has 0 spiro atoms. The summed E-state index contributed by atoms with van der Waals surface area (Å²) in [5, 5.41) is 16.1. The number of halogens is 2. The molecule has 0 amide bonds. The van der Waals surface area contributed by atoms with Crippen molar-refractivity contribution in [2.45, 2.75) is 19.3 Å². The largest absolute Gasteiger partial charge is 0.454 e. The molecule has 2 aromatic rings. The summed E-state index contributed by atoms with van der Waals surface area (Å²) in [7, 11) is 0. The lowest BCUT2D eigenvalue weighted by Crippen LogP contribution is -2.38. The maximum atomic E-state index is 9.62. The lowest BCUT2D eigenvalue weighted by molar-refractivity contribution is 0.268. The van der Waals surface area contributed by atoms with E-state index in [9.17, 15) is 5.11 Å². The third-order valence-corrected chi connectivity index (χ3v) is 4.02. The molecule has 3 N–H and O–H groups in total. The van der Waals surface area contributed by atoms with Crippen molar-refractivity contribution >= 4 is 45.9 Å². The molecular weight excluding hydrogens is 497 g/mol. The Kier molecular flexibility index (Phi) is 10.8. The van der Waals surface area contributed by atoms with E-state index in [0.717, 1.165) is 41.5 Å². The fourth-order valence-electron chi connectivity index (χ4n) is 2.33. The molecule has 0 bridgehead atoms. The minimum Gasteiger partial charge on any atom is -0.454 e. The highest BCUT2D eigenvalue weighted by Gasteiger charge is 2.10. The number of aliphatic imine (C=N–C) groups is 1. The van der Waals surface area contributed by atoms with Gasteiger partial charge < -0.3 is 20.2 Å². The first-order chi connectivity index (χ1) is 11.7. The van der Waals surface area contributed by atoms with Crippen LogP contribution >= 0.6 is 39.9 Å². The van der Waals surface area contributed by atoms with Crippen LogP contribution in [0.15, 0.2) is 56.5 Å². The molecule has 0 saturated carbocycles. The molecule has 0 saturated heterocycles. The van der Waals surface area contributed by atoms with Gasteiger partial charge in [-0.05, 0) is 40.5 Å². The van der Waals surface area contributed by atoms with Crippen LogP contribution in [0, 0.1) is 0 Å². The van der Waals surface area contributed by atoms with Crippen LogP contribution in [0.3, 0.4) is 0 Å². The Morgan fingerprint density at radius 3 is 2.56 bits per heavy atom. The van der Waals surface area contributed by atoms with Crippen LogP contribution in [0.5, 0.6) is 0 Å². The molecule has 2 rings (SSSR count). The zero-order chi connectivity index (χ0) is 17.2. The number of hydrogen-bond donors (Lipinski definition) is 3. The molecule has 0 aliphatic carbocycles. The van der Waals surface area contributed by atoms with Gasteiger partial charge in [0.25, 0.3) is 0 Å². The Balaban J connectivity index is 0.00000312. The Labute approximate surface area is 174 Å². The number of nitrogens with one attached hydrogen (secondary N) is 2. The Hall–Kier alpha value is -1.06. The van der Waals surface area contributed by atoms with E-state index in [1.807, 2.05) is 49.4 Å². The SMILES string of the molecule is CCNC(=NCC(CO)c1ccccc1)NCCc1ccc(Br)o1.I. The molecule has 1 unspecified atom stereocenters. The van der Waals surface area contributed by atoms with E-state index in [4.69, 9.17) is 4.42 Å². The summed E-state index contributed by atoms with van der Waals surface area (Å²) in [5.41, 5.74) is 1.10. The highest BCUT2D eigenvalue weighted by Crippen LogP contribution is 2.15. The molecule has 1 aromatic heterocycles. The minimum absolute atomic E-state index is 0. The Morgan fingerprint density at radius 2 is 1.96 bits per heavy atom. The van der Waals surface area contributed by atoms with Gasteiger partial charge in [-0.25, -0.2) is 0 Å². The molecule has 1 heterocycles. The van der Waals surface area contributed by atoms with Crippen LogP contribution in [0.4, 0.5) is 0 Å². The van der Waals surface area contributed by atoms with Crippen LogP contribution in [-0.4, -0.2) is 37.3 Å². The second-order valence-corrected chi connectivity index (χ2v) is 6.17. The Bertz CT molecular complexity index is 634. The van der Waals surface area contributed by atoms with Crippen molar-refractivity contribution in [2.24, 2.45) is 4.99 Å². The normalized spacial score (nSPS) is 12.4. The summed E-state index contributed by atoms with van der Waals surface area (Å²) in [4.78, 5) is 4.59. The van der Waals surface area contributed by atoms with Crippen molar-refractivity contribution in [3.63, 3.8) is 0 Å². The molecule has 0 radical (unpaired) electrons. The number of aliphatic hydroxyl groups excluding tert-OH is 1. The first kappa shape index (κ1) is 22.0. The van der Waals surface area contributed by atoms with E-state index in [1.165, 1.54) is 0 Å². The molecule has 1 atom stereocenters. The van der Waals surface area contributed by atoms with Crippen molar-refractivity contribution < 1.29 is 9.52 Å². The smallest absolute Gasteiger partial charge is 0.191 e. The second kappa shape index (κ2) is 12.3. The molecule has 25 heavy (non-hydrogen) atoms. The molecule has 0 aliphatic rings. The van der Waals surface area contributed by atoms with Gasteiger partial charge in [-0.3, -0.25) is 4.99 Å². The van der Waals surface area contributed by atoms with Crippen LogP contribution in [0.1, 0.15) is 24.2 Å². The second-order valence-electron chi connectivity index (χ2n) is 5.39. The zero-order valence-corrected chi connectivity index (χ0v) is 18.2. The van der Waals surface area contributed by atoms with Crippen molar-refractivity contribution in [3.8, 4) is 0 Å². The van der Waals surface area contributed by atoms with Gasteiger partial charge in [-0.15, -0.1) is 24.0 Å². The monoisotopic (exact) mass is 521 g/mol. The first-order valence-electron chi connectivity index (χ1n) is 8.15. The zero-order valence-electron chi connectivity index (χ0n) is 14.2. The molecule has 0 aliphatic heterocycles. The average Bonchev–Trinajstić information content (AvgIpc) is 3.01. The fraction of sp³-hybridized carbons (Fsp3) is 0.389. The van der Waals surface area contributed by atoms with Gasteiger partial charge in [-0.1, -0.05) is 30.3 Å². The summed E-state index contributed by atoms with van der Waals surface area (Å²) in [6.07, 6.45) is 0.776. The lowest BCUT2D eigenvalue weighted by atomic mass is 10.0. The maximum Gasteiger partial charge on any atom is 0.191 e. The Morgan fingerprint density at radius 1 is 1.20 bits per heavy atom. The topological polar surface area (TPSA) is 69.8 Å². The van der Waals surface area contributed by atoms with Crippen LogP contribution < -0.4 is 10.6 Å². The van der Waals surface area contributed by atoms with Crippen LogP contribution in [-0.2, 0) is 6.42 Å². The van der Waals surface area contributed by atoms with E-state index in [1.54, 1.807) is 0 Å². The number of aliphatic hydroxyl groups is 1. The van der Waals surface area contributed by atoms with E-state index in [0.29, 0.717) is 6.54 Å². The fourth-order valence-corrected chi connectivity index (χ4v) is 2.67. The molecule has 138 valence electrons. The number of hydrogen-bond acceptors (Lipinski definition) is 3. The molecule has 5 nitrogen and oxygen atoms in total. The van der Waals surface area contributed by atoms with Gasteiger partial charge >= 0.3 is 0 Å². The van der Waals surface area contributed by atoms with Crippen molar-refractivity contribution in [1.82, 2.24) is 10.6 Å². The minimum atomic E-state index is 0.